The van der Waals surface area contributed by atoms with Crippen molar-refractivity contribution in [3.63, 3.8) is 0 Å². The van der Waals surface area contributed by atoms with Crippen molar-refractivity contribution >= 4 is 22.7 Å². The van der Waals surface area contributed by atoms with E-state index < -0.39 is 0 Å². The third kappa shape index (κ3) is 3.43. The van der Waals surface area contributed by atoms with Crippen LogP contribution in [0.3, 0.4) is 0 Å². The van der Waals surface area contributed by atoms with Gasteiger partial charge in [-0.3, -0.25) is 9.36 Å². The lowest BCUT2D eigenvalue weighted by molar-refractivity contribution is 0.564. The zero-order valence-electron chi connectivity index (χ0n) is 15.7. The van der Waals surface area contributed by atoms with Gasteiger partial charge in [-0.25, -0.2) is 9.67 Å². The molecule has 4 aromatic rings. The van der Waals surface area contributed by atoms with E-state index in [4.69, 9.17) is 4.98 Å². The average molecular weight is 392 g/mol. The predicted molar refractivity (Wildman–Crippen MR) is 110 cm³/mol. The van der Waals surface area contributed by atoms with Gasteiger partial charge in [0, 0.05) is 6.54 Å². The van der Waals surface area contributed by atoms with E-state index >= 15 is 0 Å². The summed E-state index contributed by atoms with van der Waals surface area (Å²) in [5.41, 5.74) is 2.46. The first-order chi connectivity index (χ1) is 13.7. The zero-order chi connectivity index (χ0) is 19.5. The molecule has 2 aromatic carbocycles. The number of fused-ring (bicyclic) bond motifs is 1. The minimum atomic E-state index is -0.0736. The maximum atomic E-state index is 13.3. The SMILES string of the molecule is CCCn1nnnc1CSc1nc2ccccc2c(=O)n1-c1ccccc1C. The first kappa shape index (κ1) is 18.4. The Hall–Kier alpha value is -3.00. The van der Waals surface area contributed by atoms with Crippen molar-refractivity contribution in [1.82, 2.24) is 29.8 Å². The molecular weight excluding hydrogens is 372 g/mol. The summed E-state index contributed by atoms with van der Waals surface area (Å²) in [5.74, 6) is 1.30. The van der Waals surface area contributed by atoms with Crippen LogP contribution in [0.25, 0.3) is 16.6 Å². The molecular formula is C20H20N6OS. The van der Waals surface area contributed by atoms with E-state index in [0.29, 0.717) is 21.8 Å². The van der Waals surface area contributed by atoms with Gasteiger partial charge in [-0.1, -0.05) is 49.0 Å². The summed E-state index contributed by atoms with van der Waals surface area (Å²) in [5, 5.41) is 13.2. The summed E-state index contributed by atoms with van der Waals surface area (Å²) in [7, 11) is 0. The van der Waals surface area contributed by atoms with E-state index in [-0.39, 0.29) is 5.56 Å². The minimum absolute atomic E-state index is 0.0736. The van der Waals surface area contributed by atoms with Gasteiger partial charge in [0.25, 0.3) is 5.56 Å². The highest BCUT2D eigenvalue weighted by Gasteiger charge is 2.16. The van der Waals surface area contributed by atoms with Crippen LogP contribution in [-0.2, 0) is 12.3 Å². The summed E-state index contributed by atoms with van der Waals surface area (Å²) in [6.07, 6.45) is 0.949. The molecule has 0 N–H and O–H groups in total. The Morgan fingerprint density at radius 2 is 1.86 bits per heavy atom. The Balaban J connectivity index is 1.82. The number of benzene rings is 2. The van der Waals surface area contributed by atoms with Gasteiger partial charge in [-0.05, 0) is 47.5 Å². The number of para-hydroxylation sites is 2. The number of hydrogen-bond donors (Lipinski definition) is 0. The molecule has 0 aliphatic rings. The van der Waals surface area contributed by atoms with Gasteiger partial charge in [0.1, 0.15) is 0 Å². The Bertz CT molecular complexity index is 1180. The Kier molecular flexibility index (Phi) is 5.21. The maximum Gasteiger partial charge on any atom is 0.266 e. The fourth-order valence-corrected chi connectivity index (χ4v) is 4.02. The lowest BCUT2D eigenvalue weighted by Gasteiger charge is -2.15. The fourth-order valence-electron chi connectivity index (χ4n) is 3.08. The van der Waals surface area contributed by atoms with Crippen molar-refractivity contribution in [2.75, 3.05) is 0 Å². The van der Waals surface area contributed by atoms with E-state index in [9.17, 15) is 4.79 Å². The summed E-state index contributed by atoms with van der Waals surface area (Å²) in [6.45, 7) is 4.84. The van der Waals surface area contributed by atoms with Crippen LogP contribution in [0.2, 0.25) is 0 Å². The molecule has 7 nitrogen and oxygen atoms in total. The van der Waals surface area contributed by atoms with E-state index in [1.165, 1.54) is 11.8 Å². The number of thioether (sulfide) groups is 1. The van der Waals surface area contributed by atoms with Crippen LogP contribution in [0.15, 0.2) is 58.5 Å². The molecule has 0 fully saturated rings. The highest BCUT2D eigenvalue weighted by molar-refractivity contribution is 7.98. The van der Waals surface area contributed by atoms with Crippen molar-refractivity contribution in [3.05, 3.63) is 70.3 Å². The Morgan fingerprint density at radius 1 is 1.07 bits per heavy atom. The first-order valence-electron chi connectivity index (χ1n) is 9.14. The highest BCUT2D eigenvalue weighted by Crippen LogP contribution is 2.25. The molecule has 0 spiro atoms. The average Bonchev–Trinajstić information content (AvgIpc) is 3.15. The van der Waals surface area contributed by atoms with Crippen LogP contribution in [0, 0.1) is 6.92 Å². The van der Waals surface area contributed by atoms with Crippen LogP contribution in [-0.4, -0.2) is 29.8 Å². The van der Waals surface area contributed by atoms with Gasteiger partial charge in [-0.2, -0.15) is 0 Å². The molecule has 0 radical (unpaired) electrons. The van der Waals surface area contributed by atoms with Crippen LogP contribution in [0.5, 0.6) is 0 Å². The summed E-state index contributed by atoms with van der Waals surface area (Å²) < 4.78 is 3.49. The van der Waals surface area contributed by atoms with Gasteiger partial charge in [0.05, 0.1) is 22.3 Å². The molecule has 0 aliphatic carbocycles. The monoisotopic (exact) mass is 392 g/mol. The Morgan fingerprint density at radius 3 is 2.68 bits per heavy atom. The summed E-state index contributed by atoms with van der Waals surface area (Å²) in [6, 6.07) is 15.3. The number of hydrogen-bond acceptors (Lipinski definition) is 6. The topological polar surface area (TPSA) is 78.5 Å². The molecule has 0 saturated heterocycles. The first-order valence-corrected chi connectivity index (χ1v) is 10.1. The predicted octanol–water partition coefficient (Wildman–Crippen LogP) is 3.38. The number of rotatable bonds is 6. The van der Waals surface area contributed by atoms with E-state index in [1.807, 2.05) is 55.5 Å². The molecule has 142 valence electrons. The third-order valence-electron chi connectivity index (χ3n) is 4.47. The molecule has 0 unspecified atom stereocenters. The van der Waals surface area contributed by atoms with Gasteiger partial charge in [-0.15, -0.1) is 5.10 Å². The summed E-state index contributed by atoms with van der Waals surface area (Å²) in [4.78, 5) is 18.1. The molecule has 0 bridgehead atoms. The molecule has 0 aliphatic heterocycles. The highest BCUT2D eigenvalue weighted by atomic mass is 32.2. The van der Waals surface area contributed by atoms with Gasteiger partial charge >= 0.3 is 0 Å². The maximum absolute atomic E-state index is 13.3. The normalized spacial score (nSPS) is 11.2. The number of tetrazole rings is 1. The fraction of sp³-hybridized carbons (Fsp3) is 0.250. The van der Waals surface area contributed by atoms with E-state index in [2.05, 4.69) is 22.4 Å². The van der Waals surface area contributed by atoms with Crippen molar-refractivity contribution in [1.29, 1.82) is 0 Å². The molecule has 28 heavy (non-hydrogen) atoms. The molecule has 8 heteroatoms. The second-order valence-corrected chi connectivity index (χ2v) is 7.39. The molecule has 0 saturated carbocycles. The van der Waals surface area contributed by atoms with Crippen molar-refractivity contribution in [2.24, 2.45) is 0 Å². The minimum Gasteiger partial charge on any atom is -0.268 e. The van der Waals surface area contributed by atoms with E-state index in [1.54, 1.807) is 9.25 Å². The number of aromatic nitrogens is 6. The lowest BCUT2D eigenvalue weighted by atomic mass is 10.2. The van der Waals surface area contributed by atoms with Crippen LogP contribution < -0.4 is 5.56 Å². The van der Waals surface area contributed by atoms with E-state index in [0.717, 1.165) is 30.0 Å². The van der Waals surface area contributed by atoms with Gasteiger partial charge < -0.3 is 0 Å². The molecule has 0 atom stereocenters. The quantitative estimate of drug-likeness (QED) is 0.370. The Labute approximate surface area is 166 Å². The van der Waals surface area contributed by atoms with Crippen molar-refractivity contribution in [3.8, 4) is 5.69 Å². The molecule has 2 heterocycles. The molecule has 0 amide bonds. The standard InChI is InChI=1S/C20H20N6OS/c1-3-12-25-18(22-23-24-25)13-28-20-21-16-10-6-5-9-15(16)19(27)26(20)17-11-7-4-8-14(17)2/h4-11H,3,12-13H2,1-2H3. The smallest absolute Gasteiger partial charge is 0.266 e. The van der Waals surface area contributed by atoms with Gasteiger partial charge in [0.2, 0.25) is 0 Å². The number of nitrogens with zero attached hydrogens (tertiary/aromatic N) is 6. The largest absolute Gasteiger partial charge is 0.268 e. The van der Waals surface area contributed by atoms with Crippen LogP contribution in [0.4, 0.5) is 0 Å². The zero-order valence-corrected chi connectivity index (χ0v) is 16.6. The summed E-state index contributed by atoms with van der Waals surface area (Å²) >= 11 is 1.47. The van der Waals surface area contributed by atoms with Crippen LogP contribution >= 0.6 is 11.8 Å². The second-order valence-electron chi connectivity index (χ2n) is 6.45. The van der Waals surface area contributed by atoms with Crippen molar-refractivity contribution in [2.45, 2.75) is 37.7 Å². The van der Waals surface area contributed by atoms with Crippen LogP contribution in [0.1, 0.15) is 24.7 Å². The molecule has 4 rings (SSSR count). The number of aryl methyl sites for hydroxylation is 2. The second kappa shape index (κ2) is 7.93. The third-order valence-corrected chi connectivity index (χ3v) is 5.41. The lowest BCUT2D eigenvalue weighted by Crippen LogP contribution is -2.22. The van der Waals surface area contributed by atoms with Crippen molar-refractivity contribution < 1.29 is 0 Å². The van der Waals surface area contributed by atoms with Gasteiger partial charge in [0.15, 0.2) is 11.0 Å². The molecule has 2 aromatic heterocycles.